The van der Waals surface area contributed by atoms with Crippen LogP contribution in [-0.4, -0.2) is 25.0 Å². The van der Waals surface area contributed by atoms with Gasteiger partial charge in [0.2, 0.25) is 0 Å². The number of rotatable bonds is 8. The third-order valence-corrected chi connectivity index (χ3v) is 4.28. The molecular formula is C21H27FN3O2+. The van der Waals surface area contributed by atoms with Gasteiger partial charge in [0, 0.05) is 17.7 Å². The first-order valence-corrected chi connectivity index (χ1v) is 9.28. The van der Waals surface area contributed by atoms with Gasteiger partial charge >= 0.3 is 6.03 Å². The number of urea groups is 1. The van der Waals surface area contributed by atoms with E-state index in [9.17, 15) is 14.0 Å². The Hall–Kier alpha value is -2.73. The van der Waals surface area contributed by atoms with E-state index < -0.39 is 11.9 Å². The molecule has 0 saturated carbocycles. The van der Waals surface area contributed by atoms with Crippen LogP contribution in [0.25, 0.3) is 0 Å². The molecule has 0 saturated heterocycles. The SMILES string of the molecule is CCCNC(=O)NC(=O)C[NH2+][C@H](c1ccc(CC)cc1)c1cccc(F)c1. The summed E-state index contributed by atoms with van der Waals surface area (Å²) in [4.78, 5) is 23.7. The number of imide groups is 1. The summed E-state index contributed by atoms with van der Waals surface area (Å²) >= 11 is 0. The van der Waals surface area contributed by atoms with Crippen LogP contribution in [0.1, 0.15) is 43.0 Å². The van der Waals surface area contributed by atoms with Crippen molar-refractivity contribution in [3.63, 3.8) is 0 Å². The standard InChI is InChI=1S/C21H26FN3O2/c1-3-12-23-21(27)25-19(26)14-24-20(17-6-5-7-18(22)13-17)16-10-8-15(4-2)9-11-16/h5-11,13,20,24H,3-4,12,14H2,1-2H3,(H2,23,25,26,27)/p+1/t20-/m1/s1. The number of nitrogens with two attached hydrogens (primary N) is 1. The molecule has 0 unspecified atom stereocenters. The maximum atomic E-state index is 13.7. The van der Waals surface area contributed by atoms with Gasteiger partial charge in [0.05, 0.1) is 0 Å². The molecule has 144 valence electrons. The van der Waals surface area contributed by atoms with Crippen molar-refractivity contribution < 1.29 is 19.3 Å². The van der Waals surface area contributed by atoms with E-state index in [1.165, 1.54) is 17.7 Å². The molecule has 1 atom stereocenters. The van der Waals surface area contributed by atoms with E-state index in [0.29, 0.717) is 6.54 Å². The third-order valence-electron chi connectivity index (χ3n) is 4.28. The Morgan fingerprint density at radius 1 is 1.07 bits per heavy atom. The van der Waals surface area contributed by atoms with Gasteiger partial charge in [-0.2, -0.15) is 0 Å². The number of hydrogen-bond donors (Lipinski definition) is 3. The molecule has 0 heterocycles. The first-order chi connectivity index (χ1) is 13.0. The third kappa shape index (κ3) is 6.49. The Kier molecular flexibility index (Phi) is 7.95. The number of halogens is 1. The second-order valence-electron chi connectivity index (χ2n) is 6.37. The van der Waals surface area contributed by atoms with Gasteiger partial charge in [-0.15, -0.1) is 0 Å². The molecule has 0 aliphatic rings. The van der Waals surface area contributed by atoms with Crippen molar-refractivity contribution in [3.05, 3.63) is 71.0 Å². The minimum atomic E-state index is -0.496. The molecule has 0 fully saturated rings. The Balaban J connectivity index is 2.10. The average Bonchev–Trinajstić information content (AvgIpc) is 2.67. The highest BCUT2D eigenvalue weighted by atomic mass is 19.1. The molecule has 0 aromatic heterocycles. The number of nitrogens with one attached hydrogen (secondary N) is 2. The molecule has 3 amide bonds. The summed E-state index contributed by atoms with van der Waals surface area (Å²) in [6, 6.07) is 13.7. The van der Waals surface area contributed by atoms with E-state index in [1.54, 1.807) is 11.4 Å². The molecule has 2 rings (SSSR count). The Morgan fingerprint density at radius 3 is 2.44 bits per heavy atom. The predicted octanol–water partition coefficient (Wildman–Crippen LogP) is 2.28. The van der Waals surface area contributed by atoms with Crippen molar-refractivity contribution >= 4 is 11.9 Å². The predicted molar refractivity (Wildman–Crippen MR) is 103 cm³/mol. The van der Waals surface area contributed by atoms with Crippen molar-refractivity contribution in [1.29, 1.82) is 0 Å². The van der Waals surface area contributed by atoms with E-state index in [-0.39, 0.29) is 18.4 Å². The first-order valence-electron chi connectivity index (χ1n) is 9.28. The highest BCUT2D eigenvalue weighted by Gasteiger charge is 2.20. The van der Waals surface area contributed by atoms with E-state index in [4.69, 9.17) is 0 Å². The second-order valence-corrected chi connectivity index (χ2v) is 6.37. The second kappa shape index (κ2) is 10.4. The summed E-state index contributed by atoms with van der Waals surface area (Å²) in [5.74, 6) is -0.713. The number of hydrogen-bond acceptors (Lipinski definition) is 2. The zero-order valence-electron chi connectivity index (χ0n) is 15.8. The zero-order chi connectivity index (χ0) is 19.6. The molecule has 4 N–H and O–H groups in total. The van der Waals surface area contributed by atoms with Crippen molar-refractivity contribution in [2.24, 2.45) is 0 Å². The number of carbonyl (C=O) groups is 2. The summed E-state index contributed by atoms with van der Waals surface area (Å²) in [5.41, 5.74) is 2.95. The van der Waals surface area contributed by atoms with Crippen molar-refractivity contribution in [2.45, 2.75) is 32.7 Å². The van der Waals surface area contributed by atoms with Crippen molar-refractivity contribution in [2.75, 3.05) is 13.1 Å². The van der Waals surface area contributed by atoms with E-state index in [0.717, 1.165) is 24.0 Å². The molecule has 6 heteroatoms. The van der Waals surface area contributed by atoms with Crippen LogP contribution in [0.15, 0.2) is 48.5 Å². The number of quaternary nitrogens is 1. The lowest BCUT2D eigenvalue weighted by molar-refractivity contribution is -0.676. The van der Waals surface area contributed by atoms with Gasteiger partial charge in [0.15, 0.2) is 6.54 Å². The lowest BCUT2D eigenvalue weighted by Gasteiger charge is -2.17. The number of amides is 3. The van der Waals surface area contributed by atoms with Crippen molar-refractivity contribution in [1.82, 2.24) is 10.6 Å². The van der Waals surface area contributed by atoms with Gasteiger partial charge in [-0.3, -0.25) is 10.1 Å². The average molecular weight is 372 g/mol. The lowest BCUT2D eigenvalue weighted by Crippen LogP contribution is -2.88. The summed E-state index contributed by atoms with van der Waals surface area (Å²) in [6.07, 6.45) is 1.73. The van der Waals surface area contributed by atoms with Crippen LogP contribution in [-0.2, 0) is 11.2 Å². The molecule has 0 aliphatic heterocycles. The van der Waals surface area contributed by atoms with Crippen LogP contribution in [0.2, 0.25) is 0 Å². The highest BCUT2D eigenvalue weighted by Crippen LogP contribution is 2.20. The maximum absolute atomic E-state index is 13.7. The van der Waals surface area contributed by atoms with Gasteiger partial charge in [-0.05, 0) is 30.5 Å². The van der Waals surface area contributed by atoms with Crippen LogP contribution in [0.4, 0.5) is 9.18 Å². The number of benzene rings is 2. The summed E-state index contributed by atoms with van der Waals surface area (Å²) in [7, 11) is 0. The van der Waals surface area contributed by atoms with E-state index >= 15 is 0 Å². The van der Waals surface area contributed by atoms with Crippen molar-refractivity contribution in [3.8, 4) is 0 Å². The maximum Gasteiger partial charge on any atom is 0.321 e. The first kappa shape index (κ1) is 20.6. The quantitative estimate of drug-likeness (QED) is 0.665. The van der Waals surface area contributed by atoms with Crippen LogP contribution in [0.3, 0.4) is 0 Å². The topological polar surface area (TPSA) is 74.8 Å². The molecule has 0 aliphatic carbocycles. The fraction of sp³-hybridized carbons (Fsp3) is 0.333. The molecule has 27 heavy (non-hydrogen) atoms. The zero-order valence-corrected chi connectivity index (χ0v) is 15.8. The molecular weight excluding hydrogens is 345 g/mol. The lowest BCUT2D eigenvalue weighted by atomic mass is 9.97. The molecule has 0 bridgehead atoms. The number of aryl methyl sites for hydroxylation is 1. The van der Waals surface area contributed by atoms with E-state index in [1.807, 2.05) is 37.3 Å². The molecule has 5 nitrogen and oxygen atoms in total. The summed E-state index contributed by atoms with van der Waals surface area (Å²) in [6.45, 7) is 4.58. The van der Waals surface area contributed by atoms with Crippen LogP contribution < -0.4 is 16.0 Å². The monoisotopic (exact) mass is 372 g/mol. The van der Waals surface area contributed by atoms with E-state index in [2.05, 4.69) is 17.6 Å². The normalized spacial score (nSPS) is 11.7. The molecule has 2 aromatic carbocycles. The van der Waals surface area contributed by atoms with Crippen LogP contribution in [0.5, 0.6) is 0 Å². The summed E-state index contributed by atoms with van der Waals surface area (Å²) < 4.78 is 13.7. The summed E-state index contributed by atoms with van der Waals surface area (Å²) in [5, 5.41) is 6.71. The van der Waals surface area contributed by atoms with Gasteiger partial charge in [-0.25, -0.2) is 9.18 Å². The van der Waals surface area contributed by atoms with Gasteiger partial charge in [0.1, 0.15) is 11.9 Å². The smallest absolute Gasteiger partial charge is 0.321 e. The number of carbonyl (C=O) groups excluding carboxylic acids is 2. The Labute approximate surface area is 159 Å². The Bertz CT molecular complexity index is 762. The van der Waals surface area contributed by atoms with Crippen LogP contribution >= 0.6 is 0 Å². The molecule has 2 aromatic rings. The minimum absolute atomic E-state index is 0.0518. The Morgan fingerprint density at radius 2 is 1.81 bits per heavy atom. The highest BCUT2D eigenvalue weighted by molar-refractivity contribution is 5.94. The molecule has 0 radical (unpaired) electrons. The van der Waals surface area contributed by atoms with Gasteiger partial charge in [0.25, 0.3) is 5.91 Å². The fourth-order valence-corrected chi connectivity index (χ4v) is 2.81. The largest absolute Gasteiger partial charge is 0.338 e. The molecule has 0 spiro atoms. The fourth-order valence-electron chi connectivity index (χ4n) is 2.81. The van der Waals surface area contributed by atoms with Crippen LogP contribution in [0, 0.1) is 5.82 Å². The van der Waals surface area contributed by atoms with Gasteiger partial charge in [-0.1, -0.05) is 50.2 Å². The minimum Gasteiger partial charge on any atom is -0.338 e. The van der Waals surface area contributed by atoms with Gasteiger partial charge < -0.3 is 10.6 Å².